The van der Waals surface area contributed by atoms with Crippen molar-refractivity contribution in [3.8, 4) is 0 Å². The van der Waals surface area contributed by atoms with Gasteiger partial charge in [-0.3, -0.25) is 0 Å². The Morgan fingerprint density at radius 1 is 0.625 bits per heavy atom. The van der Waals surface area contributed by atoms with Crippen molar-refractivity contribution < 1.29 is 0 Å². The zero-order valence-electron chi connectivity index (χ0n) is 9.28. The molecule has 16 heavy (non-hydrogen) atoms. The van der Waals surface area contributed by atoms with Crippen LogP contribution in [0.5, 0.6) is 0 Å². The molecule has 1 heterocycles. The fraction of sp³-hybridized carbons (Fsp3) is 0. The molecule has 2 aromatic carbocycles. The SMILES string of the molecule is Bc1ccc2c(c1)Sc1ccc(B)cc1S2. The van der Waals surface area contributed by atoms with Crippen LogP contribution in [0.2, 0.25) is 0 Å². The number of hydrogen-bond donors (Lipinski definition) is 0. The number of fused-ring (bicyclic) bond motifs is 2. The molecule has 0 fully saturated rings. The van der Waals surface area contributed by atoms with Crippen molar-refractivity contribution in [1.29, 1.82) is 0 Å². The lowest BCUT2D eigenvalue weighted by molar-refractivity contribution is 1.17. The summed E-state index contributed by atoms with van der Waals surface area (Å²) < 4.78 is 0. The van der Waals surface area contributed by atoms with E-state index in [1.54, 1.807) is 0 Å². The molecule has 0 aliphatic carbocycles. The van der Waals surface area contributed by atoms with Gasteiger partial charge in [-0.1, -0.05) is 58.7 Å². The third kappa shape index (κ3) is 1.80. The first-order chi connectivity index (χ1) is 7.72. The fourth-order valence-corrected chi connectivity index (χ4v) is 4.19. The van der Waals surface area contributed by atoms with Gasteiger partial charge in [-0.2, -0.15) is 0 Å². The minimum absolute atomic E-state index is 1.34. The summed E-state index contributed by atoms with van der Waals surface area (Å²) in [7, 11) is 4.30. The Balaban J connectivity index is 2.09. The number of hydrogen-bond acceptors (Lipinski definition) is 2. The van der Waals surface area contributed by atoms with Crippen LogP contribution in [0, 0.1) is 0 Å². The van der Waals surface area contributed by atoms with Crippen LogP contribution in [0.25, 0.3) is 0 Å². The molecule has 4 heteroatoms. The van der Waals surface area contributed by atoms with Gasteiger partial charge in [-0.05, 0) is 12.1 Å². The monoisotopic (exact) mass is 240 g/mol. The second-order valence-corrected chi connectivity index (χ2v) is 6.27. The number of rotatable bonds is 0. The quantitative estimate of drug-likeness (QED) is 0.533. The van der Waals surface area contributed by atoms with E-state index < -0.39 is 0 Å². The molecular weight excluding hydrogens is 230 g/mol. The summed E-state index contributed by atoms with van der Waals surface area (Å²) in [5, 5.41) is 0. The van der Waals surface area contributed by atoms with E-state index in [9.17, 15) is 0 Å². The Morgan fingerprint density at radius 2 is 1.06 bits per heavy atom. The molecule has 0 nitrogen and oxygen atoms in total. The van der Waals surface area contributed by atoms with Gasteiger partial charge in [0.15, 0.2) is 0 Å². The average Bonchev–Trinajstić information content (AvgIpc) is 2.26. The highest BCUT2D eigenvalue weighted by molar-refractivity contribution is 8.05. The van der Waals surface area contributed by atoms with Crippen LogP contribution in [0.1, 0.15) is 0 Å². The van der Waals surface area contributed by atoms with E-state index in [0.717, 1.165) is 0 Å². The Kier molecular flexibility index (Phi) is 2.56. The molecule has 0 aromatic heterocycles. The summed E-state index contributed by atoms with van der Waals surface area (Å²) in [5.74, 6) is 0. The maximum atomic E-state index is 2.27. The summed E-state index contributed by atoms with van der Waals surface area (Å²) in [6, 6.07) is 13.4. The predicted molar refractivity (Wildman–Crippen MR) is 77.5 cm³/mol. The van der Waals surface area contributed by atoms with Crippen molar-refractivity contribution in [2.75, 3.05) is 0 Å². The van der Waals surface area contributed by atoms with Gasteiger partial charge in [0.1, 0.15) is 15.7 Å². The Hall–Kier alpha value is -0.730. The third-order valence-corrected chi connectivity index (χ3v) is 5.16. The van der Waals surface area contributed by atoms with Crippen LogP contribution in [0.4, 0.5) is 0 Å². The average molecular weight is 240 g/mol. The molecule has 0 saturated heterocycles. The highest BCUT2D eigenvalue weighted by atomic mass is 32.2. The van der Waals surface area contributed by atoms with Gasteiger partial charge in [0.25, 0.3) is 0 Å². The largest absolute Gasteiger partial charge is 0.139 e. The molecule has 0 spiro atoms. The zero-order chi connectivity index (χ0) is 11.1. The van der Waals surface area contributed by atoms with Crippen LogP contribution in [-0.4, -0.2) is 15.7 Å². The normalized spacial score (nSPS) is 13.0. The molecule has 1 aliphatic rings. The van der Waals surface area contributed by atoms with Crippen molar-refractivity contribution in [1.82, 2.24) is 0 Å². The van der Waals surface area contributed by atoms with Crippen LogP contribution < -0.4 is 10.9 Å². The van der Waals surface area contributed by atoms with E-state index in [0.29, 0.717) is 0 Å². The first-order valence-corrected chi connectivity index (χ1v) is 6.93. The van der Waals surface area contributed by atoms with Crippen molar-refractivity contribution >= 4 is 50.1 Å². The topological polar surface area (TPSA) is 0 Å². The third-order valence-electron chi connectivity index (χ3n) is 2.64. The molecule has 0 bridgehead atoms. The standard InChI is InChI=1S/C12H10B2S2/c13-7-1-3-9-11(5-7)16-10-4-2-8(14)6-12(10)15-9/h1-6H,13-14H2. The van der Waals surface area contributed by atoms with Gasteiger partial charge in [0.05, 0.1) is 0 Å². The second-order valence-electron chi connectivity index (χ2n) is 4.10. The molecule has 0 N–H and O–H groups in total. The Labute approximate surface area is 106 Å². The van der Waals surface area contributed by atoms with Crippen molar-refractivity contribution in [3.63, 3.8) is 0 Å². The van der Waals surface area contributed by atoms with Crippen molar-refractivity contribution in [2.45, 2.75) is 19.6 Å². The summed E-state index contributed by atoms with van der Waals surface area (Å²) >= 11 is 3.77. The van der Waals surface area contributed by atoms with E-state index in [1.807, 2.05) is 23.5 Å². The van der Waals surface area contributed by atoms with Gasteiger partial charge in [0, 0.05) is 19.6 Å². The fourth-order valence-electron chi connectivity index (χ4n) is 1.80. The van der Waals surface area contributed by atoms with E-state index in [-0.39, 0.29) is 0 Å². The molecule has 2 aromatic rings. The minimum Gasteiger partial charge on any atom is -0.0878 e. The molecule has 0 amide bonds. The molecule has 1 aliphatic heterocycles. The highest BCUT2D eigenvalue weighted by Gasteiger charge is 2.16. The Bertz CT molecular complexity index is 515. The Morgan fingerprint density at radius 3 is 1.50 bits per heavy atom. The zero-order valence-corrected chi connectivity index (χ0v) is 10.9. The molecular formula is C12H10B2S2. The molecule has 76 valence electrons. The lowest BCUT2D eigenvalue weighted by Gasteiger charge is -2.19. The smallest absolute Gasteiger partial charge is 0.0878 e. The first-order valence-electron chi connectivity index (χ1n) is 5.29. The second kappa shape index (κ2) is 3.94. The van der Waals surface area contributed by atoms with Crippen molar-refractivity contribution in [3.05, 3.63) is 36.4 Å². The molecule has 0 unspecified atom stereocenters. The lowest BCUT2D eigenvalue weighted by atomic mass is 9.97. The molecule has 3 rings (SSSR count). The van der Waals surface area contributed by atoms with Gasteiger partial charge in [0.2, 0.25) is 0 Å². The molecule has 0 radical (unpaired) electrons. The summed E-state index contributed by atoms with van der Waals surface area (Å²) in [6.07, 6.45) is 0. The summed E-state index contributed by atoms with van der Waals surface area (Å²) in [5.41, 5.74) is 2.67. The molecule has 0 atom stereocenters. The van der Waals surface area contributed by atoms with Gasteiger partial charge < -0.3 is 0 Å². The summed E-state index contributed by atoms with van der Waals surface area (Å²) in [4.78, 5) is 5.55. The van der Waals surface area contributed by atoms with Gasteiger partial charge in [-0.25, -0.2) is 0 Å². The van der Waals surface area contributed by atoms with Crippen LogP contribution in [-0.2, 0) is 0 Å². The van der Waals surface area contributed by atoms with Crippen LogP contribution in [0.15, 0.2) is 56.0 Å². The molecule has 0 saturated carbocycles. The first kappa shape index (κ1) is 10.4. The van der Waals surface area contributed by atoms with E-state index in [2.05, 4.69) is 52.1 Å². The summed E-state index contributed by atoms with van der Waals surface area (Å²) in [6.45, 7) is 0. The maximum Gasteiger partial charge on any atom is 0.139 e. The van der Waals surface area contributed by atoms with E-state index in [4.69, 9.17) is 0 Å². The van der Waals surface area contributed by atoms with Crippen LogP contribution >= 0.6 is 23.5 Å². The minimum atomic E-state index is 1.34. The van der Waals surface area contributed by atoms with Gasteiger partial charge >= 0.3 is 0 Å². The van der Waals surface area contributed by atoms with Gasteiger partial charge in [-0.15, -0.1) is 0 Å². The van der Waals surface area contributed by atoms with E-state index in [1.165, 1.54) is 30.5 Å². The lowest BCUT2D eigenvalue weighted by Crippen LogP contribution is -2.05. The van der Waals surface area contributed by atoms with E-state index >= 15 is 0 Å². The maximum absolute atomic E-state index is 2.27. The number of benzene rings is 2. The van der Waals surface area contributed by atoms with Crippen LogP contribution in [0.3, 0.4) is 0 Å². The van der Waals surface area contributed by atoms with Crippen molar-refractivity contribution in [2.24, 2.45) is 0 Å². The predicted octanol–water partition coefficient (Wildman–Crippen LogP) is 0.819. The highest BCUT2D eigenvalue weighted by Crippen LogP contribution is 2.47.